The smallest absolute Gasteiger partial charge is 0.339 e. The molecule has 0 aliphatic heterocycles. The van der Waals surface area contributed by atoms with Gasteiger partial charge in [0.15, 0.2) is 0 Å². The van der Waals surface area contributed by atoms with Gasteiger partial charge in [-0.15, -0.1) is 0 Å². The average Bonchev–Trinajstić information content (AvgIpc) is 2.39. The van der Waals surface area contributed by atoms with Crippen molar-refractivity contribution in [1.29, 1.82) is 0 Å². The van der Waals surface area contributed by atoms with Crippen molar-refractivity contribution in [2.75, 3.05) is 5.32 Å². The molecule has 2 rings (SSSR count). The van der Waals surface area contributed by atoms with Crippen molar-refractivity contribution < 1.29 is 14.7 Å². The third kappa shape index (κ3) is 3.07. The summed E-state index contributed by atoms with van der Waals surface area (Å²) in [7, 11) is 0. The molecule has 1 aromatic heterocycles. The molecule has 7 heteroatoms. The van der Waals surface area contributed by atoms with Crippen LogP contribution in [-0.4, -0.2) is 22.0 Å². The molecule has 0 saturated heterocycles. The van der Waals surface area contributed by atoms with Gasteiger partial charge in [0.1, 0.15) is 11.3 Å². The first kappa shape index (κ1) is 14.3. The predicted octanol–water partition coefficient (Wildman–Crippen LogP) is 3.34. The summed E-state index contributed by atoms with van der Waals surface area (Å²) in [6, 6.07) is 7.37. The number of hydrogen-bond acceptors (Lipinski definition) is 3. The van der Waals surface area contributed by atoms with Crippen LogP contribution in [0.5, 0.6) is 0 Å². The molecule has 0 bridgehead atoms. The zero-order valence-corrected chi connectivity index (χ0v) is 11.4. The number of benzene rings is 1. The van der Waals surface area contributed by atoms with Crippen molar-refractivity contribution in [3.8, 4) is 0 Å². The first-order valence-electron chi connectivity index (χ1n) is 5.44. The number of hydrogen-bond donors (Lipinski definition) is 2. The normalized spacial score (nSPS) is 10.1. The molecule has 5 nitrogen and oxygen atoms in total. The predicted molar refractivity (Wildman–Crippen MR) is 75.6 cm³/mol. The minimum absolute atomic E-state index is 0.0411. The van der Waals surface area contributed by atoms with Gasteiger partial charge in [0, 0.05) is 6.20 Å². The zero-order valence-electron chi connectivity index (χ0n) is 9.93. The van der Waals surface area contributed by atoms with Gasteiger partial charge in [0.05, 0.1) is 15.7 Å². The molecule has 0 fully saturated rings. The first-order chi connectivity index (χ1) is 9.49. The Balaban J connectivity index is 2.30. The molecule has 0 radical (unpaired) electrons. The summed E-state index contributed by atoms with van der Waals surface area (Å²) in [5.41, 5.74) is 0.0499. The minimum atomic E-state index is -1.23. The maximum absolute atomic E-state index is 12.0. The number of aromatic nitrogens is 1. The summed E-state index contributed by atoms with van der Waals surface area (Å²) < 4.78 is 0. The molecule has 2 N–H and O–H groups in total. The molecule has 1 aromatic carbocycles. The topological polar surface area (TPSA) is 79.3 Å². The van der Waals surface area contributed by atoms with E-state index in [1.54, 1.807) is 6.07 Å². The van der Waals surface area contributed by atoms with Crippen molar-refractivity contribution in [2.24, 2.45) is 0 Å². The van der Waals surface area contributed by atoms with Crippen molar-refractivity contribution in [3.05, 3.63) is 57.8 Å². The fourth-order valence-electron chi connectivity index (χ4n) is 1.54. The standard InChI is InChI=1S/C13H8Cl2N2O3/c14-7-4-5-10(16-6-7)12(18)17-9-3-1-2-8(15)11(9)13(19)20/h1-6H,(H,17,18)(H,19,20). The van der Waals surface area contributed by atoms with Gasteiger partial charge in [0.25, 0.3) is 5.91 Å². The number of nitrogens with one attached hydrogen (secondary N) is 1. The van der Waals surface area contributed by atoms with E-state index in [9.17, 15) is 9.59 Å². The Bertz CT molecular complexity index is 672. The lowest BCUT2D eigenvalue weighted by atomic mass is 10.1. The monoisotopic (exact) mass is 310 g/mol. The summed E-state index contributed by atoms with van der Waals surface area (Å²) in [5.74, 6) is -1.78. The number of nitrogens with zero attached hydrogens (tertiary/aromatic N) is 1. The summed E-state index contributed by atoms with van der Waals surface area (Å²) in [4.78, 5) is 26.9. The lowest BCUT2D eigenvalue weighted by Gasteiger charge is -2.09. The fraction of sp³-hybridized carbons (Fsp3) is 0. The van der Waals surface area contributed by atoms with Crippen molar-refractivity contribution in [2.45, 2.75) is 0 Å². The second-order valence-corrected chi connectivity index (χ2v) is 4.63. The van der Waals surface area contributed by atoms with Crippen LogP contribution in [0, 0.1) is 0 Å². The highest BCUT2D eigenvalue weighted by atomic mass is 35.5. The Labute approximate surface area is 124 Å². The number of carbonyl (C=O) groups is 2. The highest BCUT2D eigenvalue weighted by molar-refractivity contribution is 6.34. The van der Waals surface area contributed by atoms with Gasteiger partial charge in [-0.3, -0.25) is 4.79 Å². The minimum Gasteiger partial charge on any atom is -0.478 e. The van der Waals surface area contributed by atoms with Gasteiger partial charge in [-0.1, -0.05) is 29.3 Å². The molecular weight excluding hydrogens is 303 g/mol. The summed E-state index contributed by atoms with van der Waals surface area (Å²) in [6.07, 6.45) is 1.33. The molecule has 2 aromatic rings. The number of halogens is 2. The second kappa shape index (κ2) is 5.90. The Kier molecular flexibility index (Phi) is 4.22. The Morgan fingerprint density at radius 3 is 2.50 bits per heavy atom. The number of pyridine rings is 1. The van der Waals surface area contributed by atoms with E-state index in [1.807, 2.05) is 0 Å². The lowest BCUT2D eigenvalue weighted by Crippen LogP contribution is -2.16. The first-order valence-corrected chi connectivity index (χ1v) is 6.19. The van der Waals surface area contributed by atoms with Crippen LogP contribution < -0.4 is 5.32 Å². The van der Waals surface area contributed by atoms with E-state index in [0.29, 0.717) is 5.02 Å². The molecule has 0 aliphatic rings. The van der Waals surface area contributed by atoms with Crippen LogP contribution in [0.3, 0.4) is 0 Å². The maximum atomic E-state index is 12.0. The number of carbonyl (C=O) groups excluding carboxylic acids is 1. The van der Waals surface area contributed by atoms with Crippen LogP contribution in [0.15, 0.2) is 36.5 Å². The summed E-state index contributed by atoms with van der Waals surface area (Å²) in [6.45, 7) is 0. The highest BCUT2D eigenvalue weighted by Gasteiger charge is 2.17. The van der Waals surface area contributed by atoms with Gasteiger partial charge in [-0.25, -0.2) is 9.78 Å². The van der Waals surface area contributed by atoms with Crippen LogP contribution in [0.1, 0.15) is 20.8 Å². The number of rotatable bonds is 3. The van der Waals surface area contributed by atoms with Crippen LogP contribution in [0.25, 0.3) is 0 Å². The summed E-state index contributed by atoms with van der Waals surface area (Å²) >= 11 is 11.5. The van der Waals surface area contributed by atoms with Crippen LogP contribution in [0.2, 0.25) is 10.0 Å². The van der Waals surface area contributed by atoms with Crippen LogP contribution in [0.4, 0.5) is 5.69 Å². The van der Waals surface area contributed by atoms with Gasteiger partial charge in [0.2, 0.25) is 0 Å². The molecule has 0 atom stereocenters. The molecule has 1 amide bonds. The summed E-state index contributed by atoms with van der Waals surface area (Å²) in [5, 5.41) is 12.0. The van der Waals surface area contributed by atoms with E-state index >= 15 is 0 Å². The van der Waals surface area contributed by atoms with Gasteiger partial charge >= 0.3 is 5.97 Å². The molecule has 0 aliphatic carbocycles. The van der Waals surface area contributed by atoms with Crippen molar-refractivity contribution in [3.63, 3.8) is 0 Å². The van der Waals surface area contributed by atoms with Gasteiger partial charge in [-0.05, 0) is 24.3 Å². The van der Waals surface area contributed by atoms with Gasteiger partial charge < -0.3 is 10.4 Å². The van der Waals surface area contributed by atoms with E-state index in [0.717, 1.165) is 0 Å². The Morgan fingerprint density at radius 2 is 1.90 bits per heavy atom. The molecule has 0 spiro atoms. The molecular formula is C13H8Cl2N2O3. The third-order valence-corrected chi connectivity index (χ3v) is 2.97. The van der Waals surface area contributed by atoms with Crippen molar-refractivity contribution in [1.82, 2.24) is 4.98 Å². The quantitative estimate of drug-likeness (QED) is 0.911. The van der Waals surface area contributed by atoms with Crippen LogP contribution >= 0.6 is 23.2 Å². The third-order valence-electron chi connectivity index (χ3n) is 2.44. The molecule has 0 unspecified atom stereocenters. The van der Waals surface area contributed by atoms with E-state index < -0.39 is 11.9 Å². The molecule has 102 valence electrons. The molecule has 0 saturated carbocycles. The number of amides is 1. The van der Waals surface area contributed by atoms with Crippen LogP contribution in [-0.2, 0) is 0 Å². The Morgan fingerprint density at radius 1 is 1.15 bits per heavy atom. The highest BCUT2D eigenvalue weighted by Crippen LogP contribution is 2.24. The molecule has 20 heavy (non-hydrogen) atoms. The fourth-order valence-corrected chi connectivity index (χ4v) is 1.91. The van der Waals surface area contributed by atoms with E-state index in [-0.39, 0.29) is 22.0 Å². The van der Waals surface area contributed by atoms with E-state index in [1.165, 1.54) is 30.5 Å². The lowest BCUT2D eigenvalue weighted by molar-refractivity contribution is 0.0698. The average molecular weight is 311 g/mol. The maximum Gasteiger partial charge on any atom is 0.339 e. The Hall–Kier alpha value is -2.11. The largest absolute Gasteiger partial charge is 0.478 e. The number of carboxylic acid groups (broad SMARTS) is 1. The second-order valence-electron chi connectivity index (χ2n) is 3.78. The number of carboxylic acids is 1. The van der Waals surface area contributed by atoms with E-state index in [2.05, 4.69) is 10.3 Å². The number of anilines is 1. The zero-order chi connectivity index (χ0) is 14.7. The molecule has 1 heterocycles. The van der Waals surface area contributed by atoms with Gasteiger partial charge in [-0.2, -0.15) is 0 Å². The van der Waals surface area contributed by atoms with Crippen molar-refractivity contribution >= 4 is 40.8 Å². The number of aromatic carboxylic acids is 1. The van der Waals surface area contributed by atoms with E-state index in [4.69, 9.17) is 28.3 Å². The SMILES string of the molecule is O=C(Nc1cccc(Cl)c1C(=O)O)c1ccc(Cl)cn1.